The van der Waals surface area contributed by atoms with Crippen molar-refractivity contribution >= 4 is 23.3 Å². The monoisotopic (exact) mass is 397 g/mol. The molecule has 0 radical (unpaired) electrons. The number of halogens is 4. The fraction of sp³-hybridized carbons (Fsp3) is 0.368. The van der Waals surface area contributed by atoms with Crippen LogP contribution in [0.15, 0.2) is 36.5 Å². The van der Waals surface area contributed by atoms with E-state index in [4.69, 9.17) is 11.6 Å². The van der Waals surface area contributed by atoms with Crippen LogP contribution in [0.3, 0.4) is 0 Å². The van der Waals surface area contributed by atoms with E-state index >= 15 is 0 Å². The van der Waals surface area contributed by atoms with E-state index in [0.717, 1.165) is 37.1 Å². The summed E-state index contributed by atoms with van der Waals surface area (Å²) in [4.78, 5) is 16.2. The number of anilines is 1. The quantitative estimate of drug-likeness (QED) is 0.735. The zero-order valence-electron chi connectivity index (χ0n) is 14.4. The number of nitrogens with zero attached hydrogens (tertiary/aromatic N) is 1. The first-order chi connectivity index (χ1) is 12.9. The number of hydrogen-bond donors (Lipinski definition) is 2. The molecule has 0 saturated carbocycles. The first-order valence-electron chi connectivity index (χ1n) is 8.68. The van der Waals surface area contributed by atoms with Crippen molar-refractivity contribution in [2.45, 2.75) is 31.4 Å². The van der Waals surface area contributed by atoms with Crippen molar-refractivity contribution in [2.24, 2.45) is 0 Å². The Hall–Kier alpha value is -2.28. The van der Waals surface area contributed by atoms with Crippen LogP contribution < -0.4 is 10.6 Å². The van der Waals surface area contributed by atoms with Crippen molar-refractivity contribution in [1.82, 2.24) is 10.3 Å². The third-order valence-corrected chi connectivity index (χ3v) is 4.86. The van der Waals surface area contributed by atoms with Gasteiger partial charge in [-0.2, -0.15) is 13.2 Å². The molecule has 4 nitrogen and oxygen atoms in total. The third kappa shape index (κ3) is 4.71. The molecule has 1 aliphatic carbocycles. The number of rotatable bonds is 5. The van der Waals surface area contributed by atoms with Crippen LogP contribution in [0, 0.1) is 0 Å². The minimum absolute atomic E-state index is 0.0459. The lowest BCUT2D eigenvalue weighted by atomic mass is 9.82. The lowest BCUT2D eigenvalue weighted by molar-refractivity contribution is -0.137. The van der Waals surface area contributed by atoms with Crippen LogP contribution in [0.5, 0.6) is 0 Å². The minimum atomic E-state index is -4.49. The zero-order valence-corrected chi connectivity index (χ0v) is 15.2. The molecule has 1 aromatic heterocycles. The van der Waals surface area contributed by atoms with Crippen LogP contribution in [0.25, 0.3) is 0 Å². The molecule has 0 spiro atoms. The number of pyridine rings is 1. The summed E-state index contributed by atoms with van der Waals surface area (Å²) in [6, 6.07) is 8.78. The summed E-state index contributed by atoms with van der Waals surface area (Å²) < 4.78 is 37.8. The second-order valence-electron chi connectivity index (χ2n) is 6.41. The van der Waals surface area contributed by atoms with E-state index in [0.29, 0.717) is 13.1 Å². The molecule has 1 atom stereocenters. The maximum absolute atomic E-state index is 12.6. The first kappa shape index (κ1) is 19.5. The van der Waals surface area contributed by atoms with Gasteiger partial charge in [0.15, 0.2) is 0 Å². The van der Waals surface area contributed by atoms with Crippen molar-refractivity contribution in [2.75, 3.05) is 18.4 Å². The SMILES string of the molecule is O=C(NCCNc1ncc(C(F)(F)F)cc1Cl)C1CCCc2ccccc21. The van der Waals surface area contributed by atoms with Crippen molar-refractivity contribution in [1.29, 1.82) is 0 Å². The van der Waals surface area contributed by atoms with E-state index in [9.17, 15) is 18.0 Å². The van der Waals surface area contributed by atoms with Gasteiger partial charge in [-0.1, -0.05) is 35.9 Å². The predicted octanol–water partition coefficient (Wildman–Crippen LogP) is 4.40. The molecule has 1 amide bonds. The molecule has 1 heterocycles. The predicted molar refractivity (Wildman–Crippen MR) is 97.9 cm³/mol. The summed E-state index contributed by atoms with van der Waals surface area (Å²) in [6.45, 7) is 0.620. The zero-order chi connectivity index (χ0) is 19.4. The van der Waals surface area contributed by atoms with E-state index in [-0.39, 0.29) is 22.7 Å². The number of amides is 1. The van der Waals surface area contributed by atoms with Gasteiger partial charge >= 0.3 is 6.18 Å². The van der Waals surface area contributed by atoms with Crippen LogP contribution >= 0.6 is 11.6 Å². The van der Waals surface area contributed by atoms with Crippen molar-refractivity contribution < 1.29 is 18.0 Å². The summed E-state index contributed by atoms with van der Waals surface area (Å²) in [5, 5.41) is 5.60. The number of nitrogens with one attached hydrogen (secondary N) is 2. The number of carbonyl (C=O) groups is 1. The molecule has 0 bridgehead atoms. The molecule has 3 rings (SSSR count). The second-order valence-corrected chi connectivity index (χ2v) is 6.82. The maximum Gasteiger partial charge on any atom is 0.417 e. The molecule has 1 unspecified atom stereocenters. The summed E-state index contributed by atoms with van der Waals surface area (Å²) in [6.07, 6.45) is -0.994. The van der Waals surface area contributed by atoms with Gasteiger partial charge in [0.05, 0.1) is 16.5 Å². The molecular formula is C19H19ClF3N3O. The first-order valence-corrected chi connectivity index (χ1v) is 9.06. The fourth-order valence-corrected chi connectivity index (χ4v) is 3.47. The van der Waals surface area contributed by atoms with Gasteiger partial charge in [0.1, 0.15) is 5.82 Å². The van der Waals surface area contributed by atoms with Gasteiger partial charge in [0.2, 0.25) is 5.91 Å². The molecule has 8 heteroatoms. The van der Waals surface area contributed by atoms with Gasteiger partial charge in [-0.25, -0.2) is 4.98 Å². The van der Waals surface area contributed by atoms with Crippen molar-refractivity contribution in [3.8, 4) is 0 Å². The van der Waals surface area contributed by atoms with Crippen LogP contribution in [-0.4, -0.2) is 24.0 Å². The summed E-state index contributed by atoms with van der Waals surface area (Å²) in [7, 11) is 0. The average Bonchev–Trinajstić information content (AvgIpc) is 2.64. The molecule has 2 aromatic rings. The molecule has 27 heavy (non-hydrogen) atoms. The molecule has 0 saturated heterocycles. The Kier molecular flexibility index (Phi) is 5.89. The Morgan fingerprint density at radius 1 is 1.26 bits per heavy atom. The van der Waals surface area contributed by atoms with Gasteiger partial charge in [0, 0.05) is 19.3 Å². The highest BCUT2D eigenvalue weighted by Gasteiger charge is 2.31. The van der Waals surface area contributed by atoms with Crippen molar-refractivity contribution in [3.05, 3.63) is 58.2 Å². The molecule has 0 fully saturated rings. The highest BCUT2D eigenvalue weighted by molar-refractivity contribution is 6.32. The standard InChI is InChI=1S/C19H19ClF3N3O/c20-16-10-13(19(21,22)23)11-26-17(16)24-8-9-25-18(27)15-7-3-5-12-4-1-2-6-14(12)15/h1-2,4,6,10-11,15H,3,5,7-9H2,(H,24,26)(H,25,27). The van der Waals surface area contributed by atoms with Gasteiger partial charge < -0.3 is 10.6 Å². The topological polar surface area (TPSA) is 54.0 Å². The van der Waals surface area contributed by atoms with E-state index in [1.165, 1.54) is 5.56 Å². The number of alkyl halides is 3. The molecule has 2 N–H and O–H groups in total. The van der Waals surface area contributed by atoms with Gasteiger partial charge in [-0.15, -0.1) is 0 Å². The Balaban J connectivity index is 1.52. The van der Waals surface area contributed by atoms with Crippen LogP contribution in [-0.2, 0) is 17.4 Å². The van der Waals surface area contributed by atoms with E-state index in [2.05, 4.69) is 21.7 Å². The second kappa shape index (κ2) is 8.17. The van der Waals surface area contributed by atoms with E-state index < -0.39 is 11.7 Å². The molecule has 1 aliphatic rings. The highest BCUT2D eigenvalue weighted by Crippen LogP contribution is 2.33. The summed E-state index contributed by atoms with van der Waals surface area (Å²) in [5.74, 6) is -0.0555. The van der Waals surface area contributed by atoms with Crippen molar-refractivity contribution in [3.63, 3.8) is 0 Å². The number of fused-ring (bicyclic) bond motifs is 1. The summed E-state index contributed by atoms with van der Waals surface area (Å²) in [5.41, 5.74) is 1.38. The molecule has 0 aliphatic heterocycles. The van der Waals surface area contributed by atoms with Crippen LogP contribution in [0.2, 0.25) is 5.02 Å². The highest BCUT2D eigenvalue weighted by atomic mass is 35.5. The fourth-order valence-electron chi connectivity index (χ4n) is 3.24. The summed E-state index contributed by atoms with van der Waals surface area (Å²) >= 11 is 5.84. The normalized spacial score (nSPS) is 16.5. The van der Waals surface area contributed by atoms with E-state index in [1.807, 2.05) is 18.2 Å². The van der Waals surface area contributed by atoms with Gasteiger partial charge in [-0.05, 0) is 36.5 Å². The van der Waals surface area contributed by atoms with E-state index in [1.54, 1.807) is 0 Å². The Bertz CT molecular complexity index is 826. The van der Waals surface area contributed by atoms with Gasteiger partial charge in [-0.3, -0.25) is 4.79 Å². The largest absolute Gasteiger partial charge is 0.417 e. The Morgan fingerprint density at radius 2 is 2.04 bits per heavy atom. The Labute approximate surface area is 160 Å². The smallest absolute Gasteiger partial charge is 0.367 e. The molecule has 1 aromatic carbocycles. The minimum Gasteiger partial charge on any atom is -0.367 e. The maximum atomic E-state index is 12.6. The number of aromatic nitrogens is 1. The lowest BCUT2D eigenvalue weighted by Crippen LogP contribution is -2.34. The molecule has 144 valence electrons. The number of carbonyl (C=O) groups excluding carboxylic acids is 1. The third-order valence-electron chi connectivity index (χ3n) is 4.57. The number of hydrogen-bond acceptors (Lipinski definition) is 3. The lowest BCUT2D eigenvalue weighted by Gasteiger charge is -2.24. The number of aryl methyl sites for hydroxylation is 1. The van der Waals surface area contributed by atoms with Crippen LogP contribution in [0.1, 0.15) is 35.4 Å². The van der Waals surface area contributed by atoms with Crippen LogP contribution in [0.4, 0.5) is 19.0 Å². The Morgan fingerprint density at radius 3 is 2.78 bits per heavy atom. The van der Waals surface area contributed by atoms with Gasteiger partial charge in [0.25, 0.3) is 0 Å². The molecular weight excluding hydrogens is 379 g/mol. The average molecular weight is 398 g/mol. The number of benzene rings is 1.